The quantitative estimate of drug-likeness (QED) is 0.872. The number of rotatable bonds is 5. The number of hydrogen-bond acceptors (Lipinski definition) is 2. The average Bonchev–Trinajstić information content (AvgIpc) is 2.37. The van der Waals surface area contributed by atoms with Crippen LogP contribution in [0.2, 0.25) is 5.02 Å². The van der Waals surface area contributed by atoms with Gasteiger partial charge in [0.2, 0.25) is 5.91 Å². The number of carbonyl (C=O) groups is 1. The van der Waals surface area contributed by atoms with Crippen LogP contribution < -0.4 is 11.1 Å². The van der Waals surface area contributed by atoms with Crippen molar-refractivity contribution in [3.05, 3.63) is 28.8 Å². The smallest absolute Gasteiger partial charge is 0.330 e. The standard InChI is InChI=1S/C13H16ClF3N2O/c1-8(7-18)2-5-12(20)19-11-6-9(13(15,16)17)3-4-10(11)14/h3-4,6,8H,2,5,7,18H2,1H3,(H,19,20). The minimum Gasteiger partial charge on any atom is -0.330 e. The monoisotopic (exact) mass is 308 g/mol. The van der Waals surface area contributed by atoms with Crippen LogP contribution in [0.15, 0.2) is 18.2 Å². The molecule has 0 fully saturated rings. The van der Waals surface area contributed by atoms with E-state index in [4.69, 9.17) is 17.3 Å². The van der Waals surface area contributed by atoms with E-state index in [2.05, 4.69) is 5.32 Å². The Morgan fingerprint density at radius 3 is 2.65 bits per heavy atom. The molecule has 0 aliphatic heterocycles. The summed E-state index contributed by atoms with van der Waals surface area (Å²) < 4.78 is 37.7. The van der Waals surface area contributed by atoms with Gasteiger partial charge in [0.1, 0.15) is 0 Å². The van der Waals surface area contributed by atoms with Gasteiger partial charge in [0.05, 0.1) is 16.3 Å². The fraction of sp³-hybridized carbons (Fsp3) is 0.462. The summed E-state index contributed by atoms with van der Waals surface area (Å²) in [6, 6.07) is 2.81. The summed E-state index contributed by atoms with van der Waals surface area (Å²) in [6.45, 7) is 2.35. The first-order valence-electron chi connectivity index (χ1n) is 6.10. The molecule has 20 heavy (non-hydrogen) atoms. The Morgan fingerprint density at radius 1 is 1.45 bits per heavy atom. The van der Waals surface area contributed by atoms with E-state index in [0.717, 1.165) is 18.2 Å². The van der Waals surface area contributed by atoms with Crippen LogP contribution in [0.25, 0.3) is 0 Å². The molecule has 1 aromatic rings. The molecule has 3 N–H and O–H groups in total. The summed E-state index contributed by atoms with van der Waals surface area (Å²) in [5.41, 5.74) is 4.54. The third-order valence-corrected chi connectivity index (χ3v) is 3.16. The first kappa shape index (κ1) is 16.8. The van der Waals surface area contributed by atoms with Crippen LogP contribution in [0.3, 0.4) is 0 Å². The van der Waals surface area contributed by atoms with Gasteiger partial charge in [0.15, 0.2) is 0 Å². The van der Waals surface area contributed by atoms with E-state index < -0.39 is 11.7 Å². The number of halogens is 4. The van der Waals surface area contributed by atoms with E-state index in [1.54, 1.807) is 0 Å². The Bertz CT molecular complexity index is 477. The number of amides is 1. The van der Waals surface area contributed by atoms with Gasteiger partial charge in [-0.2, -0.15) is 13.2 Å². The van der Waals surface area contributed by atoms with Gasteiger partial charge in [-0.15, -0.1) is 0 Å². The highest BCUT2D eigenvalue weighted by atomic mass is 35.5. The van der Waals surface area contributed by atoms with E-state index in [-0.39, 0.29) is 29.0 Å². The van der Waals surface area contributed by atoms with Gasteiger partial charge in [-0.1, -0.05) is 18.5 Å². The van der Waals surface area contributed by atoms with Crippen LogP contribution in [0.1, 0.15) is 25.3 Å². The molecule has 1 aromatic carbocycles. The Labute approximate surface area is 120 Å². The molecular formula is C13H16ClF3N2O. The van der Waals surface area contributed by atoms with Crippen molar-refractivity contribution in [2.45, 2.75) is 25.9 Å². The zero-order valence-corrected chi connectivity index (χ0v) is 11.7. The van der Waals surface area contributed by atoms with Gasteiger partial charge in [0, 0.05) is 6.42 Å². The summed E-state index contributed by atoms with van der Waals surface area (Å²) in [7, 11) is 0. The lowest BCUT2D eigenvalue weighted by atomic mass is 10.1. The highest BCUT2D eigenvalue weighted by molar-refractivity contribution is 6.33. The SMILES string of the molecule is CC(CN)CCC(=O)Nc1cc(C(F)(F)F)ccc1Cl. The third kappa shape index (κ3) is 5.02. The number of benzene rings is 1. The molecule has 0 bridgehead atoms. The second-order valence-electron chi connectivity index (χ2n) is 4.62. The minimum absolute atomic E-state index is 0.0353. The Morgan fingerprint density at radius 2 is 2.10 bits per heavy atom. The molecule has 0 heterocycles. The number of nitrogens with one attached hydrogen (secondary N) is 1. The van der Waals surface area contributed by atoms with Gasteiger partial charge in [-0.3, -0.25) is 4.79 Å². The second-order valence-corrected chi connectivity index (χ2v) is 5.03. The molecule has 0 radical (unpaired) electrons. The van der Waals surface area contributed by atoms with Gasteiger partial charge >= 0.3 is 6.18 Å². The number of nitrogens with two attached hydrogens (primary N) is 1. The summed E-state index contributed by atoms with van der Waals surface area (Å²) in [5, 5.41) is 2.46. The van der Waals surface area contributed by atoms with Gasteiger partial charge in [-0.25, -0.2) is 0 Å². The average molecular weight is 309 g/mol. The van der Waals surface area contributed by atoms with Crippen LogP contribution in [0, 0.1) is 5.92 Å². The summed E-state index contributed by atoms with van der Waals surface area (Å²) >= 11 is 5.78. The molecule has 0 aliphatic carbocycles. The van der Waals surface area contributed by atoms with Crippen LogP contribution in [-0.2, 0) is 11.0 Å². The minimum atomic E-state index is -4.47. The van der Waals surface area contributed by atoms with Crippen molar-refractivity contribution in [2.75, 3.05) is 11.9 Å². The number of hydrogen-bond donors (Lipinski definition) is 2. The van der Waals surface area contributed by atoms with Crippen LogP contribution in [-0.4, -0.2) is 12.5 Å². The van der Waals surface area contributed by atoms with Crippen LogP contribution in [0.4, 0.5) is 18.9 Å². The summed E-state index contributed by atoms with van der Waals surface area (Å²) in [5.74, 6) is -0.204. The Balaban J connectivity index is 2.74. The maximum absolute atomic E-state index is 12.6. The highest BCUT2D eigenvalue weighted by Crippen LogP contribution is 2.33. The van der Waals surface area contributed by atoms with Crippen molar-refractivity contribution < 1.29 is 18.0 Å². The van der Waals surface area contributed by atoms with E-state index in [0.29, 0.717) is 13.0 Å². The lowest BCUT2D eigenvalue weighted by Gasteiger charge is -2.12. The Kier molecular flexibility index (Phi) is 5.83. The van der Waals surface area contributed by atoms with Crippen LogP contribution >= 0.6 is 11.6 Å². The van der Waals surface area contributed by atoms with Crippen molar-refractivity contribution in [2.24, 2.45) is 11.7 Å². The van der Waals surface area contributed by atoms with Crippen molar-refractivity contribution >= 4 is 23.2 Å². The predicted molar refractivity (Wildman–Crippen MR) is 72.5 cm³/mol. The normalized spacial score (nSPS) is 13.1. The number of alkyl halides is 3. The third-order valence-electron chi connectivity index (χ3n) is 2.83. The summed E-state index contributed by atoms with van der Waals surface area (Å²) in [4.78, 5) is 11.7. The van der Waals surface area contributed by atoms with E-state index >= 15 is 0 Å². The fourth-order valence-electron chi connectivity index (χ4n) is 1.51. The van der Waals surface area contributed by atoms with Crippen molar-refractivity contribution in [1.29, 1.82) is 0 Å². The molecule has 1 atom stereocenters. The first-order valence-corrected chi connectivity index (χ1v) is 6.48. The lowest BCUT2D eigenvalue weighted by molar-refractivity contribution is -0.137. The molecule has 0 aromatic heterocycles. The lowest BCUT2D eigenvalue weighted by Crippen LogP contribution is -2.17. The first-order chi connectivity index (χ1) is 9.24. The molecular weight excluding hydrogens is 293 g/mol. The molecule has 0 saturated carbocycles. The second kappa shape index (κ2) is 6.95. The zero-order valence-electron chi connectivity index (χ0n) is 10.9. The molecule has 0 aliphatic rings. The Hall–Kier alpha value is -1.27. The van der Waals surface area contributed by atoms with Gasteiger partial charge < -0.3 is 11.1 Å². The van der Waals surface area contributed by atoms with Crippen molar-refractivity contribution in [3.63, 3.8) is 0 Å². The molecule has 3 nitrogen and oxygen atoms in total. The van der Waals surface area contributed by atoms with E-state index in [9.17, 15) is 18.0 Å². The topological polar surface area (TPSA) is 55.1 Å². The zero-order chi connectivity index (χ0) is 15.3. The highest BCUT2D eigenvalue weighted by Gasteiger charge is 2.31. The van der Waals surface area contributed by atoms with Crippen molar-refractivity contribution in [3.8, 4) is 0 Å². The fourth-order valence-corrected chi connectivity index (χ4v) is 1.67. The molecule has 112 valence electrons. The van der Waals surface area contributed by atoms with E-state index in [1.807, 2.05) is 6.92 Å². The molecule has 1 unspecified atom stereocenters. The molecule has 1 rings (SSSR count). The maximum Gasteiger partial charge on any atom is 0.416 e. The number of carbonyl (C=O) groups excluding carboxylic acids is 1. The summed E-state index contributed by atoms with van der Waals surface area (Å²) in [6.07, 6.45) is -3.72. The predicted octanol–water partition coefficient (Wildman–Crippen LogP) is 3.67. The number of anilines is 1. The molecule has 0 spiro atoms. The molecule has 1 amide bonds. The van der Waals surface area contributed by atoms with Gasteiger partial charge in [-0.05, 0) is 37.1 Å². The van der Waals surface area contributed by atoms with Gasteiger partial charge in [0.25, 0.3) is 0 Å². The van der Waals surface area contributed by atoms with Crippen molar-refractivity contribution in [1.82, 2.24) is 0 Å². The maximum atomic E-state index is 12.6. The largest absolute Gasteiger partial charge is 0.416 e. The van der Waals surface area contributed by atoms with E-state index in [1.165, 1.54) is 0 Å². The molecule has 7 heteroatoms. The molecule has 0 saturated heterocycles. The van der Waals surface area contributed by atoms with Crippen LogP contribution in [0.5, 0.6) is 0 Å².